The van der Waals surface area contributed by atoms with Crippen molar-refractivity contribution in [3.05, 3.63) is 42.0 Å². The number of rotatable bonds is 6. The number of hydrogen-bond acceptors (Lipinski definition) is 6. The number of hydrogen-bond donors (Lipinski definition) is 0. The number of fused-ring (bicyclic) bond motifs is 5. The average molecular weight is 369 g/mol. The van der Waals surface area contributed by atoms with E-state index in [1.807, 2.05) is 12.2 Å². The third-order valence-electron chi connectivity index (χ3n) is 5.60. The SMILES string of the molecule is COc1cccc(C(=O)COC(=O)CN2C(=O)[C@@H]3[C@@H](C2=O)[C@@H]2C=C[C@@H]3C2)c1. The molecule has 4 rings (SSSR count). The van der Waals surface area contributed by atoms with Crippen LogP contribution < -0.4 is 4.74 Å². The summed E-state index contributed by atoms with van der Waals surface area (Å²) in [6.45, 7) is -0.905. The molecule has 1 saturated heterocycles. The van der Waals surface area contributed by atoms with E-state index in [2.05, 4.69) is 0 Å². The number of Topliss-reactive ketones (excluding diaryl/α,β-unsaturated/α-hetero) is 1. The average Bonchev–Trinajstić information content (AvgIpc) is 3.36. The molecule has 7 nitrogen and oxygen atoms in total. The van der Waals surface area contributed by atoms with Crippen LogP contribution in [0.15, 0.2) is 36.4 Å². The Morgan fingerprint density at radius 2 is 1.78 bits per heavy atom. The summed E-state index contributed by atoms with van der Waals surface area (Å²) in [6.07, 6.45) is 4.82. The van der Waals surface area contributed by atoms with Crippen LogP contribution in [0.5, 0.6) is 5.75 Å². The molecular weight excluding hydrogens is 350 g/mol. The molecule has 0 N–H and O–H groups in total. The number of carbonyl (C=O) groups is 4. The van der Waals surface area contributed by atoms with Gasteiger partial charge in [0.25, 0.3) is 0 Å². The zero-order chi connectivity index (χ0) is 19.1. The van der Waals surface area contributed by atoms with Crippen LogP contribution in [0.2, 0.25) is 0 Å². The highest BCUT2D eigenvalue weighted by Crippen LogP contribution is 2.52. The number of ether oxygens (including phenoxy) is 2. The molecule has 7 heteroatoms. The first-order valence-corrected chi connectivity index (χ1v) is 8.86. The molecule has 0 spiro atoms. The van der Waals surface area contributed by atoms with Crippen LogP contribution in [0.25, 0.3) is 0 Å². The zero-order valence-electron chi connectivity index (χ0n) is 14.8. The minimum absolute atomic E-state index is 0.0899. The maximum atomic E-state index is 12.5. The normalized spacial score (nSPS) is 27.8. The number of benzene rings is 1. The van der Waals surface area contributed by atoms with Gasteiger partial charge in [0.15, 0.2) is 12.4 Å². The summed E-state index contributed by atoms with van der Waals surface area (Å²) in [6, 6.07) is 6.51. The summed E-state index contributed by atoms with van der Waals surface area (Å²) in [5.41, 5.74) is 0.354. The van der Waals surface area contributed by atoms with Crippen molar-refractivity contribution < 1.29 is 28.7 Å². The Kier molecular flexibility index (Phi) is 4.30. The van der Waals surface area contributed by atoms with E-state index in [9.17, 15) is 19.2 Å². The molecule has 1 saturated carbocycles. The van der Waals surface area contributed by atoms with Crippen molar-refractivity contribution in [1.29, 1.82) is 0 Å². The number of likely N-dealkylation sites (tertiary alicyclic amines) is 1. The molecule has 0 radical (unpaired) electrons. The van der Waals surface area contributed by atoms with Crippen molar-refractivity contribution in [3.63, 3.8) is 0 Å². The Morgan fingerprint density at radius 1 is 1.11 bits per heavy atom. The molecule has 1 aromatic rings. The lowest BCUT2D eigenvalue weighted by atomic mass is 9.85. The van der Waals surface area contributed by atoms with Crippen molar-refractivity contribution in [2.24, 2.45) is 23.7 Å². The first-order valence-electron chi connectivity index (χ1n) is 8.86. The first-order chi connectivity index (χ1) is 13.0. The highest BCUT2D eigenvalue weighted by molar-refractivity contribution is 6.08. The predicted octanol–water partition coefficient (Wildman–Crippen LogP) is 1.23. The minimum Gasteiger partial charge on any atom is -0.497 e. The molecule has 1 aliphatic heterocycles. The van der Waals surface area contributed by atoms with Crippen LogP contribution in [0.4, 0.5) is 0 Å². The second-order valence-corrected chi connectivity index (χ2v) is 7.08. The van der Waals surface area contributed by atoms with Crippen LogP contribution in [-0.2, 0) is 19.1 Å². The lowest BCUT2D eigenvalue weighted by molar-refractivity contribution is -0.152. The number of allylic oxidation sites excluding steroid dienone is 2. The molecule has 2 fully saturated rings. The largest absolute Gasteiger partial charge is 0.497 e. The predicted molar refractivity (Wildman–Crippen MR) is 92.7 cm³/mol. The fraction of sp³-hybridized carbons (Fsp3) is 0.400. The summed E-state index contributed by atoms with van der Waals surface area (Å²) in [5.74, 6) is -1.77. The maximum absolute atomic E-state index is 12.5. The third-order valence-corrected chi connectivity index (χ3v) is 5.60. The van der Waals surface area contributed by atoms with Gasteiger partial charge in [0, 0.05) is 5.56 Å². The standard InChI is InChI=1S/C20H19NO6/c1-26-14-4-2-3-11(8-14)15(22)10-27-16(23)9-21-19(24)17-12-5-6-13(7-12)18(17)20(21)25/h2-6,8,12-13,17-18H,7,9-10H2,1H3/t12-,13-,17+,18+/m1/s1. The number of methoxy groups -OCH3 is 1. The minimum atomic E-state index is -0.770. The van der Waals surface area contributed by atoms with E-state index in [-0.39, 0.29) is 41.3 Å². The molecule has 4 atom stereocenters. The van der Waals surface area contributed by atoms with Gasteiger partial charge in [-0.05, 0) is 30.4 Å². The molecule has 0 aromatic heterocycles. The second kappa shape index (κ2) is 6.64. The van der Waals surface area contributed by atoms with E-state index in [0.717, 1.165) is 11.3 Å². The van der Waals surface area contributed by atoms with Crippen LogP contribution >= 0.6 is 0 Å². The van der Waals surface area contributed by atoms with Crippen molar-refractivity contribution in [2.45, 2.75) is 6.42 Å². The molecule has 27 heavy (non-hydrogen) atoms. The quantitative estimate of drug-likeness (QED) is 0.324. The Morgan fingerprint density at radius 3 is 2.41 bits per heavy atom. The van der Waals surface area contributed by atoms with E-state index in [4.69, 9.17) is 9.47 Å². The monoisotopic (exact) mass is 369 g/mol. The lowest BCUT2D eigenvalue weighted by Crippen LogP contribution is -2.38. The molecule has 140 valence electrons. The fourth-order valence-electron chi connectivity index (χ4n) is 4.32. The van der Waals surface area contributed by atoms with Gasteiger partial charge in [-0.15, -0.1) is 0 Å². The second-order valence-electron chi connectivity index (χ2n) is 7.08. The highest BCUT2D eigenvalue weighted by Gasteiger charge is 2.59. The van der Waals surface area contributed by atoms with Crippen molar-refractivity contribution in [2.75, 3.05) is 20.3 Å². The van der Waals surface area contributed by atoms with Gasteiger partial charge in [0.2, 0.25) is 11.8 Å². The zero-order valence-corrected chi connectivity index (χ0v) is 14.8. The van der Waals surface area contributed by atoms with E-state index in [1.54, 1.807) is 24.3 Å². The Hall–Kier alpha value is -2.96. The van der Waals surface area contributed by atoms with Gasteiger partial charge in [-0.1, -0.05) is 24.3 Å². The van der Waals surface area contributed by atoms with E-state index in [1.165, 1.54) is 7.11 Å². The van der Waals surface area contributed by atoms with Gasteiger partial charge >= 0.3 is 5.97 Å². The molecule has 2 amide bonds. The van der Waals surface area contributed by atoms with E-state index >= 15 is 0 Å². The lowest BCUT2D eigenvalue weighted by Gasteiger charge is -2.16. The molecular formula is C20H19NO6. The summed E-state index contributed by atoms with van der Waals surface area (Å²) in [5, 5.41) is 0. The molecule has 2 aliphatic carbocycles. The van der Waals surface area contributed by atoms with Crippen molar-refractivity contribution in [1.82, 2.24) is 4.90 Å². The molecule has 0 unspecified atom stereocenters. The topological polar surface area (TPSA) is 90.0 Å². The molecule has 1 heterocycles. The number of ketones is 1. The van der Waals surface area contributed by atoms with Crippen LogP contribution in [0, 0.1) is 23.7 Å². The van der Waals surface area contributed by atoms with Gasteiger partial charge in [-0.3, -0.25) is 24.1 Å². The Bertz CT molecular complexity index is 830. The van der Waals surface area contributed by atoms with Gasteiger partial charge < -0.3 is 9.47 Å². The number of esters is 1. The molecule has 2 bridgehead atoms. The first kappa shape index (κ1) is 17.5. The third kappa shape index (κ3) is 2.93. The maximum Gasteiger partial charge on any atom is 0.326 e. The van der Waals surface area contributed by atoms with Crippen molar-refractivity contribution in [3.8, 4) is 5.75 Å². The van der Waals surface area contributed by atoms with Crippen molar-refractivity contribution >= 4 is 23.6 Å². The van der Waals surface area contributed by atoms with Gasteiger partial charge in [0.05, 0.1) is 18.9 Å². The summed E-state index contributed by atoms with van der Waals surface area (Å²) < 4.78 is 10.0. The van der Waals surface area contributed by atoms with Crippen LogP contribution in [0.1, 0.15) is 16.8 Å². The van der Waals surface area contributed by atoms with Crippen LogP contribution in [0.3, 0.4) is 0 Å². The van der Waals surface area contributed by atoms with Crippen LogP contribution in [-0.4, -0.2) is 48.7 Å². The smallest absolute Gasteiger partial charge is 0.326 e. The van der Waals surface area contributed by atoms with Gasteiger partial charge in [-0.2, -0.15) is 0 Å². The van der Waals surface area contributed by atoms with Gasteiger partial charge in [-0.25, -0.2) is 0 Å². The number of imide groups is 1. The summed E-state index contributed by atoms with van der Waals surface area (Å²) in [7, 11) is 1.49. The number of carbonyl (C=O) groups excluding carboxylic acids is 4. The van der Waals surface area contributed by atoms with Gasteiger partial charge in [0.1, 0.15) is 12.3 Å². The fourth-order valence-corrected chi connectivity index (χ4v) is 4.32. The number of nitrogens with zero attached hydrogens (tertiary/aromatic N) is 1. The number of amides is 2. The highest BCUT2D eigenvalue weighted by atomic mass is 16.5. The molecule has 1 aromatic carbocycles. The summed E-state index contributed by atoms with van der Waals surface area (Å²) in [4.78, 5) is 50.3. The Balaban J connectivity index is 1.34. The Labute approximate surface area is 155 Å². The summed E-state index contributed by atoms with van der Waals surface area (Å²) >= 11 is 0. The van der Waals surface area contributed by atoms with E-state index < -0.39 is 19.1 Å². The van der Waals surface area contributed by atoms with E-state index in [0.29, 0.717) is 11.3 Å². The molecule has 3 aliphatic rings.